The molecular formula is C18H24F3NO2S. The van der Waals surface area contributed by atoms with Gasteiger partial charge in [-0.1, -0.05) is 44.2 Å². The normalized spacial score (nSPS) is 18.2. The molecule has 0 heterocycles. The van der Waals surface area contributed by atoms with Crippen LogP contribution in [0.1, 0.15) is 56.1 Å². The maximum Gasteiger partial charge on any atom is 0.416 e. The first-order valence-corrected chi connectivity index (χ1v) is 10.1. The van der Waals surface area contributed by atoms with Gasteiger partial charge < -0.3 is 5.32 Å². The van der Waals surface area contributed by atoms with E-state index in [0.29, 0.717) is 5.56 Å². The first-order valence-electron chi connectivity index (χ1n) is 8.65. The lowest BCUT2D eigenvalue weighted by Gasteiger charge is -2.20. The Hall–Kier alpha value is -1.37. The zero-order valence-electron chi connectivity index (χ0n) is 14.1. The van der Waals surface area contributed by atoms with Gasteiger partial charge in [0.1, 0.15) is 5.75 Å². The lowest BCUT2D eigenvalue weighted by Crippen LogP contribution is -2.38. The maximum atomic E-state index is 12.5. The average Bonchev–Trinajstić information content (AvgIpc) is 2.49. The number of halogens is 3. The molecule has 0 saturated heterocycles. The molecule has 0 spiro atoms. The van der Waals surface area contributed by atoms with Crippen LogP contribution in [0.3, 0.4) is 0 Å². The molecule has 1 N–H and O–H groups in total. The summed E-state index contributed by atoms with van der Waals surface area (Å²) in [7, 11) is -1.43. The summed E-state index contributed by atoms with van der Waals surface area (Å²) in [5.74, 6) is -0.274. The molecule has 7 heteroatoms. The third-order valence-corrected chi connectivity index (χ3v) is 5.61. The topological polar surface area (TPSA) is 46.2 Å². The quantitative estimate of drug-likeness (QED) is 0.839. The minimum Gasteiger partial charge on any atom is -0.353 e. The molecule has 0 radical (unpaired) electrons. The Morgan fingerprint density at radius 3 is 2.16 bits per heavy atom. The van der Waals surface area contributed by atoms with Gasteiger partial charge >= 0.3 is 6.18 Å². The van der Waals surface area contributed by atoms with Crippen LogP contribution < -0.4 is 5.32 Å². The Morgan fingerprint density at radius 2 is 1.60 bits per heavy atom. The van der Waals surface area contributed by atoms with Crippen LogP contribution >= 0.6 is 0 Å². The van der Waals surface area contributed by atoms with Gasteiger partial charge in [0.05, 0.1) is 5.56 Å². The van der Waals surface area contributed by atoms with Crippen LogP contribution in [0.2, 0.25) is 0 Å². The van der Waals surface area contributed by atoms with Gasteiger partial charge in [0.25, 0.3) is 0 Å². The minimum atomic E-state index is -4.38. The highest BCUT2D eigenvalue weighted by Gasteiger charge is 2.30. The fourth-order valence-corrected chi connectivity index (χ4v) is 4.08. The van der Waals surface area contributed by atoms with Gasteiger partial charge in [-0.15, -0.1) is 0 Å². The number of carbonyl (C=O) groups excluding carboxylic acids is 1. The van der Waals surface area contributed by atoms with Crippen LogP contribution in [0.4, 0.5) is 13.2 Å². The highest BCUT2D eigenvalue weighted by atomic mass is 32.2. The number of carbonyl (C=O) groups is 1. The third kappa shape index (κ3) is 7.18. The summed E-state index contributed by atoms with van der Waals surface area (Å²) in [5.41, 5.74) is -0.200. The second kappa shape index (κ2) is 9.36. The molecular weight excluding hydrogens is 351 g/mol. The molecule has 0 unspecified atom stereocenters. The molecule has 1 aromatic carbocycles. The summed E-state index contributed by atoms with van der Waals surface area (Å²) in [5, 5.41) is 2.95. The number of alkyl halides is 3. The van der Waals surface area contributed by atoms with E-state index < -0.39 is 22.5 Å². The molecule has 25 heavy (non-hydrogen) atoms. The number of benzene rings is 1. The standard InChI is InChI=1S/C18H24F3NO2S/c19-18(20,21)15-10-8-14(9-11-15)12-25(24)13-17(23)22-16-6-4-2-1-3-5-7-16/h8-11,16H,1-7,12-13H2,(H,22,23)/t25-/m1/s1. The van der Waals surface area contributed by atoms with Crippen LogP contribution in [0.15, 0.2) is 24.3 Å². The average molecular weight is 375 g/mol. The summed E-state index contributed by atoms with van der Waals surface area (Å²) < 4.78 is 49.7. The predicted molar refractivity (Wildman–Crippen MR) is 92.4 cm³/mol. The molecule has 0 bridgehead atoms. The Balaban J connectivity index is 1.79. The Kier molecular flexibility index (Phi) is 7.47. The van der Waals surface area contributed by atoms with Crippen LogP contribution in [-0.2, 0) is 27.5 Å². The zero-order chi connectivity index (χ0) is 18.3. The van der Waals surface area contributed by atoms with E-state index in [1.807, 2.05) is 0 Å². The highest BCUT2D eigenvalue weighted by molar-refractivity contribution is 7.84. The maximum absolute atomic E-state index is 12.5. The van der Waals surface area contributed by atoms with Gasteiger partial charge in [0, 0.05) is 22.6 Å². The van der Waals surface area contributed by atoms with E-state index >= 15 is 0 Å². The molecule has 2 rings (SSSR count). The summed E-state index contributed by atoms with van der Waals surface area (Å²) in [4.78, 5) is 12.0. The van der Waals surface area contributed by atoms with Crippen molar-refractivity contribution in [1.29, 1.82) is 0 Å². The van der Waals surface area contributed by atoms with E-state index in [4.69, 9.17) is 0 Å². The number of rotatable bonds is 5. The van der Waals surface area contributed by atoms with Crippen LogP contribution in [0.25, 0.3) is 0 Å². The van der Waals surface area contributed by atoms with Gasteiger partial charge in [-0.2, -0.15) is 13.2 Å². The van der Waals surface area contributed by atoms with E-state index in [1.54, 1.807) is 0 Å². The van der Waals surface area contributed by atoms with Gasteiger partial charge in [-0.05, 0) is 30.5 Å². The third-order valence-electron chi connectivity index (χ3n) is 4.37. The van der Waals surface area contributed by atoms with Gasteiger partial charge in [0.15, 0.2) is 0 Å². The molecule has 1 atom stereocenters. The fraction of sp³-hybridized carbons (Fsp3) is 0.611. The van der Waals surface area contributed by atoms with Crippen molar-refractivity contribution in [3.8, 4) is 0 Å². The second-order valence-electron chi connectivity index (χ2n) is 6.53. The van der Waals surface area contributed by atoms with Crippen LogP contribution in [0.5, 0.6) is 0 Å². The van der Waals surface area contributed by atoms with Crippen molar-refractivity contribution in [1.82, 2.24) is 5.32 Å². The Labute approximate surface area is 148 Å². The highest BCUT2D eigenvalue weighted by Crippen LogP contribution is 2.29. The van der Waals surface area contributed by atoms with E-state index in [1.165, 1.54) is 31.4 Å². The largest absolute Gasteiger partial charge is 0.416 e. The lowest BCUT2D eigenvalue weighted by molar-refractivity contribution is -0.137. The molecule has 3 nitrogen and oxygen atoms in total. The van der Waals surface area contributed by atoms with Gasteiger partial charge in [-0.3, -0.25) is 9.00 Å². The predicted octanol–water partition coefficient (Wildman–Crippen LogP) is 4.18. The zero-order valence-corrected chi connectivity index (χ0v) is 14.9. The van der Waals surface area contributed by atoms with Crippen molar-refractivity contribution in [3.63, 3.8) is 0 Å². The smallest absolute Gasteiger partial charge is 0.353 e. The van der Waals surface area contributed by atoms with Crippen molar-refractivity contribution >= 4 is 16.7 Å². The summed E-state index contributed by atoms with van der Waals surface area (Å²) in [6.07, 6.45) is 3.35. The van der Waals surface area contributed by atoms with Crippen molar-refractivity contribution in [2.45, 2.75) is 62.9 Å². The number of nitrogens with one attached hydrogen (secondary N) is 1. The molecule has 0 aromatic heterocycles. The van der Waals surface area contributed by atoms with Crippen LogP contribution in [0, 0.1) is 0 Å². The fourth-order valence-electron chi connectivity index (χ4n) is 3.04. The van der Waals surface area contributed by atoms with Crippen molar-refractivity contribution in [3.05, 3.63) is 35.4 Å². The molecule has 1 fully saturated rings. The van der Waals surface area contributed by atoms with E-state index in [0.717, 1.165) is 37.8 Å². The van der Waals surface area contributed by atoms with E-state index in [-0.39, 0.29) is 23.5 Å². The first kappa shape index (κ1) is 19.9. The monoisotopic (exact) mass is 375 g/mol. The molecule has 0 aliphatic heterocycles. The molecule has 1 aromatic rings. The lowest BCUT2D eigenvalue weighted by atomic mass is 9.97. The van der Waals surface area contributed by atoms with Gasteiger partial charge in [0.2, 0.25) is 5.91 Å². The molecule has 1 aliphatic carbocycles. The molecule has 1 amide bonds. The van der Waals surface area contributed by atoms with E-state index in [9.17, 15) is 22.2 Å². The number of hydrogen-bond acceptors (Lipinski definition) is 2. The second-order valence-corrected chi connectivity index (χ2v) is 7.99. The van der Waals surface area contributed by atoms with Crippen LogP contribution in [-0.4, -0.2) is 21.9 Å². The summed E-state index contributed by atoms with van der Waals surface area (Å²) in [6.45, 7) is 0. The minimum absolute atomic E-state index is 0.0796. The number of hydrogen-bond donors (Lipinski definition) is 1. The SMILES string of the molecule is O=C(C[S@](=O)Cc1ccc(C(F)(F)F)cc1)NC1CCCCCCC1. The summed E-state index contributed by atoms with van der Waals surface area (Å²) >= 11 is 0. The molecule has 1 aliphatic rings. The Morgan fingerprint density at radius 1 is 1.04 bits per heavy atom. The van der Waals surface area contributed by atoms with Crippen molar-refractivity contribution < 1.29 is 22.2 Å². The van der Waals surface area contributed by atoms with Crippen molar-refractivity contribution in [2.24, 2.45) is 0 Å². The Bertz CT molecular complexity index is 579. The van der Waals surface area contributed by atoms with E-state index in [2.05, 4.69) is 5.32 Å². The first-order chi connectivity index (χ1) is 11.8. The van der Waals surface area contributed by atoms with Gasteiger partial charge in [-0.25, -0.2) is 0 Å². The summed E-state index contributed by atoms with van der Waals surface area (Å²) in [6, 6.07) is 4.72. The van der Waals surface area contributed by atoms with Crippen molar-refractivity contribution in [2.75, 3.05) is 5.75 Å². The number of amides is 1. The molecule has 1 saturated carbocycles. The molecule has 140 valence electrons.